The van der Waals surface area contributed by atoms with Gasteiger partial charge in [0.25, 0.3) is 0 Å². The molecule has 423 valence electrons. The van der Waals surface area contributed by atoms with Crippen LogP contribution in [0.2, 0.25) is 0 Å². The summed E-state index contributed by atoms with van der Waals surface area (Å²) in [7, 11) is -2.71. The van der Waals surface area contributed by atoms with Gasteiger partial charge in [0.1, 0.15) is 0 Å². The van der Waals surface area contributed by atoms with E-state index in [4.69, 9.17) is 0 Å². The maximum atomic E-state index is 3.84. The van der Waals surface area contributed by atoms with E-state index < -0.39 is 23.8 Å². The van der Waals surface area contributed by atoms with Crippen LogP contribution in [0, 0.1) is 18.2 Å². The van der Waals surface area contributed by atoms with E-state index in [0.717, 1.165) is 0 Å². The van der Waals surface area contributed by atoms with Gasteiger partial charge < -0.3 is 0 Å². The van der Waals surface area contributed by atoms with E-state index in [1.165, 1.54) is 70.4 Å². The Labute approximate surface area is 499 Å². The van der Waals surface area contributed by atoms with Crippen LogP contribution >= 0.6 is 47.5 Å². The second-order valence-corrected chi connectivity index (χ2v) is 53.4. The minimum absolute atomic E-state index is 0. The van der Waals surface area contributed by atoms with Gasteiger partial charge in [0.2, 0.25) is 0 Å². The predicted octanol–water partition coefficient (Wildman–Crippen LogP) is 20.8. The van der Waals surface area contributed by atoms with E-state index >= 15 is 0 Å². The Bertz CT molecular complexity index is 1840. The smallest absolute Gasteiger partial charge is 0.0701 e. The maximum Gasteiger partial charge on any atom is 0.0701 e. The van der Waals surface area contributed by atoms with Crippen molar-refractivity contribution >= 4 is 47.5 Å². The fourth-order valence-electron chi connectivity index (χ4n) is 9.52. The van der Waals surface area contributed by atoms with Crippen molar-refractivity contribution in [3.05, 3.63) is 106 Å². The van der Waals surface area contributed by atoms with Crippen molar-refractivity contribution in [2.24, 2.45) is 0 Å². The molecule has 0 heterocycles. The van der Waals surface area contributed by atoms with Gasteiger partial charge in [-0.2, -0.15) is 72.8 Å². The van der Waals surface area contributed by atoms with Crippen molar-refractivity contribution in [2.45, 2.75) is 270 Å². The Hall–Kier alpha value is 2.19. The standard InChI is InChI=1S/C24H43P2.C21H37P2.C18H31P2.3Ir/c1-21(2,3)25(22(4,5)6)17-19-14-13-15-20(16-19)18-26(23(7,8)9)24(10,11)12;1-19(2,3)22(10)15-17-12-11-13-18(14-17)16-23(20(4,5)6)21(7,8)9;1-17(2,3)19(7)13-15-10-9-11-16(12-15)14-20(8)18(4,5)6;;;/h13-15H,17-18H2,1-12H3;11-13H,15-16H2,1-10H3;9-11H,13-14H2,1-8H3;;;/q3*-1;;;/p+6. The second kappa shape index (κ2) is 31.4. The summed E-state index contributed by atoms with van der Waals surface area (Å²) in [6, 6.07) is 31.8. The first-order valence-electron chi connectivity index (χ1n) is 26.7. The number of hydrogen-bond acceptors (Lipinski definition) is 0. The molecule has 3 radical (unpaired) electrons. The zero-order valence-corrected chi connectivity index (χ0v) is 65.6. The molecule has 0 saturated heterocycles. The van der Waals surface area contributed by atoms with E-state index in [-0.39, 0.29) is 84.1 Å². The first-order chi connectivity index (χ1) is 30.6. The van der Waals surface area contributed by atoms with Crippen LogP contribution in [-0.2, 0) is 97.3 Å². The van der Waals surface area contributed by atoms with Crippen molar-refractivity contribution in [3.8, 4) is 0 Å². The number of hydrogen-bond donors (Lipinski definition) is 0. The SMILES string of the molecule is CC(C)(C)[PH+](Cc1[c-]c(C[PH+](C(C)(C)C)C(C)(C)C)ccc1)C(C)(C)C.C[PH+](Cc1[c-]c(C[PH+](C(C)(C)C)C(C)(C)C)ccc1)C(C)(C)C.C[PH+](Cc1[c-]c(C[PH+](C)C(C)(C)C)ccc1)C(C)(C)C.[Ir].[Ir].[Ir]. The van der Waals surface area contributed by atoms with Crippen molar-refractivity contribution in [2.75, 3.05) is 20.0 Å². The molecule has 0 aromatic heterocycles. The van der Waals surface area contributed by atoms with Gasteiger partial charge in [-0.1, -0.05) is 0 Å². The van der Waals surface area contributed by atoms with Gasteiger partial charge in [-0.05, 0) is 187 Å². The molecule has 0 fully saturated rings. The summed E-state index contributed by atoms with van der Waals surface area (Å²) in [6.45, 7) is 72.4. The third-order valence-corrected chi connectivity index (χ3v) is 38.0. The average molecular weight is 1640 g/mol. The molecule has 9 heteroatoms. The van der Waals surface area contributed by atoms with Crippen molar-refractivity contribution in [1.82, 2.24) is 0 Å². The monoisotopic (exact) mass is 1640 g/mol. The number of rotatable bonds is 12. The minimum atomic E-state index is -0.552. The predicted molar refractivity (Wildman–Crippen MR) is 343 cm³/mol. The first kappa shape index (κ1) is 78.4. The molecule has 3 rings (SSSR count). The molecule has 3 atom stereocenters. The molecule has 3 unspecified atom stereocenters. The number of benzene rings is 3. The van der Waals surface area contributed by atoms with E-state index in [1.807, 2.05) is 0 Å². The minimum Gasteiger partial charge on any atom is -0.172 e. The molecule has 0 amide bonds. The third-order valence-electron chi connectivity index (χ3n) is 14.5. The largest absolute Gasteiger partial charge is 0.172 e. The van der Waals surface area contributed by atoms with Gasteiger partial charge in [-0.15, -0.1) is 33.4 Å². The second-order valence-electron chi connectivity index (χ2n) is 30.2. The maximum absolute atomic E-state index is 3.84. The van der Waals surface area contributed by atoms with Crippen molar-refractivity contribution in [1.29, 1.82) is 0 Å². The van der Waals surface area contributed by atoms with Crippen LogP contribution in [-0.4, -0.2) is 66.4 Å². The summed E-state index contributed by atoms with van der Waals surface area (Å²) in [5, 5.41) is 3.84. The van der Waals surface area contributed by atoms with E-state index in [2.05, 4.69) is 280 Å². The van der Waals surface area contributed by atoms with E-state index in [1.54, 1.807) is 0 Å². The molecule has 0 aliphatic heterocycles. The van der Waals surface area contributed by atoms with Crippen LogP contribution < -0.4 is 0 Å². The van der Waals surface area contributed by atoms with Gasteiger partial charge in [-0.3, -0.25) is 0 Å². The van der Waals surface area contributed by atoms with Gasteiger partial charge in [-0.25, -0.2) is 0 Å². The Morgan fingerprint density at radius 3 is 0.514 bits per heavy atom. The molecule has 0 nitrogen and oxygen atoms in total. The molecule has 72 heavy (non-hydrogen) atoms. The Morgan fingerprint density at radius 2 is 0.389 bits per heavy atom. The van der Waals surface area contributed by atoms with Crippen LogP contribution in [0.1, 0.15) is 220 Å². The molecule has 0 N–H and O–H groups in total. The molecule has 0 saturated carbocycles. The molecular weight excluding hydrogens is 1520 g/mol. The summed E-state index contributed by atoms with van der Waals surface area (Å²) in [5.41, 5.74) is 8.59. The molecule has 0 aliphatic rings. The zero-order chi connectivity index (χ0) is 54.2. The Morgan fingerprint density at radius 1 is 0.250 bits per heavy atom. The van der Waals surface area contributed by atoms with Gasteiger partial charge in [0.15, 0.2) is 0 Å². The molecular formula is C63H117Ir3P6+3. The van der Waals surface area contributed by atoms with Crippen LogP contribution in [0.5, 0.6) is 0 Å². The van der Waals surface area contributed by atoms with Crippen molar-refractivity contribution in [3.63, 3.8) is 0 Å². The fourth-order valence-corrected chi connectivity index (χ4v) is 25.1. The van der Waals surface area contributed by atoms with Gasteiger partial charge in [0, 0.05) is 128 Å². The Kier molecular flexibility index (Phi) is 34.2. The van der Waals surface area contributed by atoms with Gasteiger partial charge >= 0.3 is 0 Å². The van der Waals surface area contributed by atoms with Crippen molar-refractivity contribution < 1.29 is 60.3 Å². The van der Waals surface area contributed by atoms with Crippen LogP contribution in [0.4, 0.5) is 0 Å². The van der Waals surface area contributed by atoms with Crippen LogP contribution in [0.3, 0.4) is 0 Å². The van der Waals surface area contributed by atoms with Crippen LogP contribution in [0.15, 0.2) is 54.6 Å². The quantitative estimate of drug-likeness (QED) is 0.125. The van der Waals surface area contributed by atoms with Gasteiger partial charge in [0.05, 0.1) is 83.4 Å². The first-order valence-corrected chi connectivity index (χ1v) is 38.5. The Balaban J connectivity index is -0.000000979. The third kappa shape index (κ3) is 30.1. The fraction of sp³-hybridized carbons (Fsp3) is 0.714. The zero-order valence-electron chi connectivity index (χ0n) is 52.4. The molecule has 0 spiro atoms. The summed E-state index contributed by atoms with van der Waals surface area (Å²) in [6.07, 6.45) is 7.38. The summed E-state index contributed by atoms with van der Waals surface area (Å²) >= 11 is 0. The summed E-state index contributed by atoms with van der Waals surface area (Å²) in [5.74, 6) is 0. The summed E-state index contributed by atoms with van der Waals surface area (Å²) in [4.78, 5) is 0. The molecule has 0 aliphatic carbocycles. The van der Waals surface area contributed by atoms with E-state index in [0.29, 0.717) is 46.4 Å². The molecule has 3 aromatic carbocycles. The average Bonchev–Trinajstić information content (AvgIpc) is 3.12. The molecule has 3 aromatic rings. The molecule has 0 bridgehead atoms. The normalized spacial score (nSPS) is 14.5. The van der Waals surface area contributed by atoms with E-state index in [9.17, 15) is 0 Å². The summed E-state index contributed by atoms with van der Waals surface area (Å²) < 4.78 is 0. The topological polar surface area (TPSA) is 0 Å². The van der Waals surface area contributed by atoms with Crippen LogP contribution in [0.25, 0.3) is 0 Å².